The molecule has 1 unspecified atom stereocenters. The lowest BCUT2D eigenvalue weighted by Gasteiger charge is -2.18. The van der Waals surface area contributed by atoms with Crippen LogP contribution in [-0.2, 0) is 11.2 Å². The van der Waals surface area contributed by atoms with Gasteiger partial charge in [0.15, 0.2) is 0 Å². The number of nitrogens with zero attached hydrogens (tertiary/aromatic N) is 2. The summed E-state index contributed by atoms with van der Waals surface area (Å²) in [5, 5.41) is 17.7. The normalized spacial score (nSPS) is 11.5. The van der Waals surface area contributed by atoms with Crippen LogP contribution in [0, 0.1) is 6.92 Å². The number of anilines is 2. The minimum absolute atomic E-state index is 0.326. The smallest absolute Gasteiger partial charge is 0.319 e. The summed E-state index contributed by atoms with van der Waals surface area (Å²) >= 11 is 4.68. The van der Waals surface area contributed by atoms with Crippen LogP contribution >= 0.6 is 27.3 Å². The topological polar surface area (TPSA) is 96.0 Å². The number of aromatic nitrogens is 2. The van der Waals surface area contributed by atoms with Crippen LogP contribution in [0.1, 0.15) is 11.1 Å². The molecule has 0 saturated carbocycles. The molecule has 4 aromatic rings. The number of amides is 3. The van der Waals surface area contributed by atoms with Crippen LogP contribution in [0.3, 0.4) is 0 Å². The number of urea groups is 1. The molecule has 3 N–H and O–H groups in total. The van der Waals surface area contributed by atoms with Crippen molar-refractivity contribution in [1.29, 1.82) is 0 Å². The van der Waals surface area contributed by atoms with Gasteiger partial charge in [0.05, 0.1) is 0 Å². The first-order valence-electron chi connectivity index (χ1n) is 10.5. The highest BCUT2D eigenvalue weighted by Gasteiger charge is 2.23. The number of benzene rings is 3. The van der Waals surface area contributed by atoms with E-state index in [4.69, 9.17) is 0 Å². The molecule has 1 atom stereocenters. The Bertz CT molecular complexity index is 1260. The van der Waals surface area contributed by atoms with Crippen LogP contribution in [0.15, 0.2) is 83.3 Å². The Kier molecular flexibility index (Phi) is 7.66. The van der Waals surface area contributed by atoms with Crippen LogP contribution in [0.5, 0.6) is 0 Å². The van der Waals surface area contributed by atoms with Crippen molar-refractivity contribution in [1.82, 2.24) is 15.5 Å². The highest BCUT2D eigenvalue weighted by Crippen LogP contribution is 2.27. The molecule has 0 aliphatic rings. The summed E-state index contributed by atoms with van der Waals surface area (Å²) in [4.78, 5) is 25.8. The van der Waals surface area contributed by atoms with E-state index in [1.165, 1.54) is 11.3 Å². The van der Waals surface area contributed by atoms with E-state index >= 15 is 0 Å². The van der Waals surface area contributed by atoms with Gasteiger partial charge < -0.3 is 10.6 Å². The summed E-state index contributed by atoms with van der Waals surface area (Å²) in [6, 6.07) is 23.4. The quantitative estimate of drug-likeness (QED) is 0.285. The van der Waals surface area contributed by atoms with Crippen LogP contribution in [-0.4, -0.2) is 28.2 Å². The molecule has 3 aromatic carbocycles. The molecule has 0 fully saturated rings. The molecule has 0 aliphatic carbocycles. The number of halogens is 1. The Hall–Kier alpha value is -3.56. The Morgan fingerprint density at radius 1 is 0.912 bits per heavy atom. The third-order valence-corrected chi connectivity index (χ3v) is 6.38. The van der Waals surface area contributed by atoms with Crippen molar-refractivity contribution >= 4 is 50.0 Å². The van der Waals surface area contributed by atoms with E-state index in [0.29, 0.717) is 22.2 Å². The average Bonchev–Trinajstić information content (AvgIpc) is 3.29. The molecule has 1 aromatic heterocycles. The molecule has 0 spiro atoms. The van der Waals surface area contributed by atoms with E-state index in [9.17, 15) is 9.59 Å². The molecule has 4 rings (SSSR count). The zero-order valence-electron chi connectivity index (χ0n) is 18.3. The van der Waals surface area contributed by atoms with E-state index in [0.717, 1.165) is 21.2 Å². The molecule has 0 aliphatic heterocycles. The second kappa shape index (κ2) is 11.0. The summed E-state index contributed by atoms with van der Waals surface area (Å²) in [6.07, 6.45) is 0.326. The SMILES string of the molecule is Cc1ccc(NC(=O)NC(Cc2ccccc2)C(=O)Nc2nnc(-c3ccc(Br)cc3)s2)cc1. The molecule has 7 nitrogen and oxygen atoms in total. The van der Waals surface area contributed by atoms with Crippen molar-refractivity contribution in [3.8, 4) is 10.6 Å². The van der Waals surface area contributed by atoms with Crippen molar-refractivity contribution in [2.45, 2.75) is 19.4 Å². The number of aryl methyl sites for hydroxylation is 1. The third kappa shape index (κ3) is 6.49. The number of nitrogens with one attached hydrogen (secondary N) is 3. The number of rotatable bonds is 7. The first-order chi connectivity index (χ1) is 16.5. The van der Waals surface area contributed by atoms with Crippen LogP contribution in [0.2, 0.25) is 0 Å². The zero-order chi connectivity index (χ0) is 23.9. The summed E-state index contributed by atoms with van der Waals surface area (Å²) in [6.45, 7) is 1.97. The molecule has 0 radical (unpaired) electrons. The van der Waals surface area contributed by atoms with Gasteiger partial charge in [-0.15, -0.1) is 10.2 Å². The minimum Gasteiger partial charge on any atom is -0.326 e. The maximum atomic E-state index is 13.1. The van der Waals surface area contributed by atoms with Gasteiger partial charge in [-0.25, -0.2) is 4.79 Å². The molecular weight excluding hydrogens is 514 g/mol. The first kappa shape index (κ1) is 23.6. The lowest BCUT2D eigenvalue weighted by molar-refractivity contribution is -0.117. The van der Waals surface area contributed by atoms with Crippen LogP contribution in [0.4, 0.5) is 15.6 Å². The molecule has 3 amide bonds. The lowest BCUT2D eigenvalue weighted by Crippen LogP contribution is -2.46. The number of carbonyl (C=O) groups is 2. The Labute approximate surface area is 209 Å². The molecule has 9 heteroatoms. The van der Waals surface area contributed by atoms with Crippen LogP contribution < -0.4 is 16.0 Å². The molecule has 34 heavy (non-hydrogen) atoms. The van der Waals surface area contributed by atoms with E-state index in [2.05, 4.69) is 42.1 Å². The summed E-state index contributed by atoms with van der Waals surface area (Å²) < 4.78 is 0.966. The predicted molar refractivity (Wildman–Crippen MR) is 139 cm³/mol. The van der Waals surface area contributed by atoms with E-state index in [1.54, 1.807) is 0 Å². The number of hydrogen-bond acceptors (Lipinski definition) is 5. The summed E-state index contributed by atoms with van der Waals surface area (Å²) in [7, 11) is 0. The maximum Gasteiger partial charge on any atom is 0.319 e. The van der Waals surface area contributed by atoms with Gasteiger partial charge in [0, 0.05) is 22.1 Å². The first-order valence-corrected chi connectivity index (χ1v) is 12.2. The Morgan fingerprint density at radius 2 is 1.62 bits per heavy atom. The van der Waals surface area contributed by atoms with Gasteiger partial charge in [-0.05, 0) is 36.8 Å². The van der Waals surface area contributed by atoms with Gasteiger partial charge in [-0.1, -0.05) is 87.4 Å². The monoisotopic (exact) mass is 535 g/mol. The van der Waals surface area contributed by atoms with E-state index < -0.39 is 12.1 Å². The van der Waals surface area contributed by atoms with Crippen molar-refractivity contribution in [3.05, 3.63) is 94.5 Å². The van der Waals surface area contributed by atoms with Crippen molar-refractivity contribution in [2.24, 2.45) is 0 Å². The largest absolute Gasteiger partial charge is 0.326 e. The lowest BCUT2D eigenvalue weighted by atomic mass is 10.1. The molecule has 1 heterocycles. The highest BCUT2D eigenvalue weighted by molar-refractivity contribution is 9.10. The Morgan fingerprint density at radius 3 is 2.32 bits per heavy atom. The van der Waals surface area contributed by atoms with Crippen molar-refractivity contribution in [2.75, 3.05) is 10.6 Å². The van der Waals surface area contributed by atoms with Crippen LogP contribution in [0.25, 0.3) is 10.6 Å². The van der Waals surface area contributed by atoms with E-state index in [-0.39, 0.29) is 5.91 Å². The van der Waals surface area contributed by atoms with Gasteiger partial charge in [-0.3, -0.25) is 10.1 Å². The average molecular weight is 536 g/mol. The zero-order valence-corrected chi connectivity index (χ0v) is 20.7. The van der Waals surface area contributed by atoms with Gasteiger partial charge in [0.25, 0.3) is 0 Å². The molecule has 0 saturated heterocycles. The fraction of sp³-hybridized carbons (Fsp3) is 0.120. The standard InChI is InChI=1S/C25H22BrN5O2S/c1-16-7-13-20(14-8-16)27-24(33)28-21(15-17-5-3-2-4-6-17)22(32)29-25-31-30-23(34-25)18-9-11-19(26)12-10-18/h2-14,21H,15H2,1H3,(H2,27,28,33)(H,29,31,32). The third-order valence-electron chi connectivity index (χ3n) is 4.96. The molecular formula is C25H22BrN5O2S. The minimum atomic E-state index is -0.812. The fourth-order valence-electron chi connectivity index (χ4n) is 3.20. The second-order valence-corrected chi connectivity index (χ2v) is 9.51. The highest BCUT2D eigenvalue weighted by atomic mass is 79.9. The van der Waals surface area contributed by atoms with Gasteiger partial charge in [0.2, 0.25) is 11.0 Å². The second-order valence-electron chi connectivity index (χ2n) is 7.62. The number of hydrogen-bond donors (Lipinski definition) is 3. The van der Waals surface area contributed by atoms with Crippen molar-refractivity contribution < 1.29 is 9.59 Å². The van der Waals surface area contributed by atoms with Crippen molar-refractivity contribution in [3.63, 3.8) is 0 Å². The Balaban J connectivity index is 1.46. The predicted octanol–water partition coefficient (Wildman–Crippen LogP) is 5.65. The van der Waals surface area contributed by atoms with Gasteiger partial charge in [-0.2, -0.15) is 0 Å². The van der Waals surface area contributed by atoms with Gasteiger partial charge >= 0.3 is 6.03 Å². The van der Waals surface area contributed by atoms with E-state index in [1.807, 2.05) is 85.8 Å². The fourth-order valence-corrected chi connectivity index (χ4v) is 4.21. The molecule has 0 bridgehead atoms. The summed E-state index contributed by atoms with van der Waals surface area (Å²) in [5.74, 6) is -0.374. The van der Waals surface area contributed by atoms with Gasteiger partial charge in [0.1, 0.15) is 11.0 Å². The molecule has 172 valence electrons. The number of carbonyl (C=O) groups excluding carboxylic acids is 2. The summed E-state index contributed by atoms with van der Waals surface area (Å²) in [5.41, 5.74) is 3.56. The maximum absolute atomic E-state index is 13.1.